The van der Waals surface area contributed by atoms with E-state index < -0.39 is 45.8 Å². The highest BCUT2D eigenvalue weighted by atomic mass is 32.2. The molecule has 1 atom stereocenters. The maximum Gasteiger partial charge on any atom is 0.332 e. The third-order valence-corrected chi connectivity index (χ3v) is 8.28. The van der Waals surface area contributed by atoms with Crippen LogP contribution in [0.4, 0.5) is 5.69 Å². The molecule has 1 fully saturated rings. The summed E-state index contributed by atoms with van der Waals surface area (Å²) in [6, 6.07) is 4.50. The van der Waals surface area contributed by atoms with Crippen LogP contribution in [0.5, 0.6) is 0 Å². The van der Waals surface area contributed by atoms with Crippen LogP contribution >= 0.6 is 0 Å². The van der Waals surface area contributed by atoms with Gasteiger partial charge < -0.3 is 19.4 Å². The predicted molar refractivity (Wildman–Crippen MR) is 135 cm³/mol. The zero-order valence-electron chi connectivity index (χ0n) is 21.3. The van der Waals surface area contributed by atoms with Crippen molar-refractivity contribution in [1.29, 1.82) is 0 Å². The number of carbonyl (C=O) groups is 2. The Balaban J connectivity index is 1.45. The van der Waals surface area contributed by atoms with Crippen molar-refractivity contribution >= 4 is 38.8 Å². The second kappa shape index (κ2) is 10.5. The van der Waals surface area contributed by atoms with Crippen molar-refractivity contribution in [2.45, 2.75) is 31.4 Å². The highest BCUT2D eigenvalue weighted by Crippen LogP contribution is 2.24. The molecule has 15 heteroatoms. The third-order valence-electron chi connectivity index (χ3n) is 6.24. The number of imidazole rings is 1. The average Bonchev–Trinajstić information content (AvgIpc) is 3.31. The molecular formula is C23H28N6O8S. The lowest BCUT2D eigenvalue weighted by atomic mass is 10.2. The number of carbonyl (C=O) groups excluding carboxylic acids is 2. The Morgan fingerprint density at radius 2 is 1.84 bits per heavy atom. The summed E-state index contributed by atoms with van der Waals surface area (Å²) < 4.78 is 41.3. The molecule has 1 N–H and O–H groups in total. The van der Waals surface area contributed by atoms with Crippen molar-refractivity contribution in [3.8, 4) is 0 Å². The van der Waals surface area contributed by atoms with Crippen LogP contribution in [0.2, 0.25) is 0 Å². The Labute approximate surface area is 217 Å². The SMILES string of the molecule is Cc1ccc(NC(=O)C(C)OC(=O)Cn2cnc3c2c(=O)n(C)c(=O)n3C)cc1S(=O)(=O)N1CCOCC1. The van der Waals surface area contributed by atoms with E-state index in [0.29, 0.717) is 18.8 Å². The normalized spacial score (nSPS) is 15.4. The molecule has 1 aliphatic heterocycles. The van der Waals surface area contributed by atoms with Crippen LogP contribution in [-0.4, -0.2) is 75.7 Å². The van der Waals surface area contributed by atoms with Gasteiger partial charge in [-0.15, -0.1) is 0 Å². The quantitative estimate of drug-likeness (QED) is 0.377. The molecule has 0 radical (unpaired) electrons. The largest absolute Gasteiger partial charge is 0.451 e. The van der Waals surface area contributed by atoms with E-state index in [0.717, 1.165) is 4.57 Å². The van der Waals surface area contributed by atoms with Crippen LogP contribution in [0.15, 0.2) is 39.0 Å². The van der Waals surface area contributed by atoms with E-state index in [-0.39, 0.29) is 34.8 Å². The number of aromatic nitrogens is 4. The fourth-order valence-electron chi connectivity index (χ4n) is 4.07. The number of sulfonamides is 1. The molecule has 1 aliphatic rings. The molecule has 14 nitrogen and oxygen atoms in total. The fourth-order valence-corrected chi connectivity index (χ4v) is 5.73. The molecule has 4 rings (SSSR count). The molecule has 3 aromatic rings. The number of benzene rings is 1. The lowest BCUT2D eigenvalue weighted by molar-refractivity contribution is -0.153. The Hall–Kier alpha value is -3.82. The first-order chi connectivity index (χ1) is 17.9. The first-order valence-electron chi connectivity index (χ1n) is 11.7. The maximum atomic E-state index is 13.1. The molecular weight excluding hydrogens is 520 g/mol. The summed E-state index contributed by atoms with van der Waals surface area (Å²) in [7, 11) is -1.02. The summed E-state index contributed by atoms with van der Waals surface area (Å²) in [6.45, 7) is 3.68. The maximum absolute atomic E-state index is 13.1. The third kappa shape index (κ3) is 5.12. The minimum absolute atomic E-state index is 0.0392. The Morgan fingerprint density at radius 1 is 1.16 bits per heavy atom. The molecule has 204 valence electrons. The number of nitrogens with zero attached hydrogens (tertiary/aromatic N) is 5. The van der Waals surface area contributed by atoms with Crippen molar-refractivity contribution in [1.82, 2.24) is 23.0 Å². The van der Waals surface area contributed by atoms with E-state index in [1.54, 1.807) is 19.1 Å². The topological polar surface area (TPSA) is 164 Å². The summed E-state index contributed by atoms with van der Waals surface area (Å²) in [4.78, 5) is 54.0. The lowest BCUT2D eigenvalue weighted by Gasteiger charge is -2.27. The number of fused-ring (bicyclic) bond motifs is 1. The van der Waals surface area contributed by atoms with Gasteiger partial charge in [0.05, 0.1) is 24.4 Å². The molecule has 1 amide bonds. The van der Waals surface area contributed by atoms with Gasteiger partial charge in [0.15, 0.2) is 17.3 Å². The summed E-state index contributed by atoms with van der Waals surface area (Å²) >= 11 is 0. The summed E-state index contributed by atoms with van der Waals surface area (Å²) in [5.74, 6) is -1.49. The highest BCUT2D eigenvalue weighted by molar-refractivity contribution is 7.89. The van der Waals surface area contributed by atoms with Gasteiger partial charge in [-0.25, -0.2) is 18.2 Å². The number of nitrogens with one attached hydrogen (secondary N) is 1. The molecule has 0 spiro atoms. The zero-order chi connectivity index (χ0) is 27.8. The number of aryl methyl sites for hydroxylation is 2. The van der Waals surface area contributed by atoms with Crippen LogP contribution in [-0.2, 0) is 49.7 Å². The first kappa shape index (κ1) is 27.2. The van der Waals surface area contributed by atoms with Crippen LogP contribution in [0.1, 0.15) is 12.5 Å². The van der Waals surface area contributed by atoms with Crippen molar-refractivity contribution < 1.29 is 27.5 Å². The predicted octanol–water partition coefficient (Wildman–Crippen LogP) is -0.667. The van der Waals surface area contributed by atoms with E-state index >= 15 is 0 Å². The van der Waals surface area contributed by atoms with E-state index in [1.807, 2.05) is 0 Å². The minimum atomic E-state index is -3.79. The number of amides is 1. The molecule has 0 aliphatic carbocycles. The molecule has 38 heavy (non-hydrogen) atoms. The van der Waals surface area contributed by atoms with Crippen molar-refractivity contribution in [2.24, 2.45) is 14.1 Å². The van der Waals surface area contributed by atoms with E-state index in [9.17, 15) is 27.6 Å². The van der Waals surface area contributed by atoms with Gasteiger partial charge in [-0.3, -0.25) is 23.5 Å². The second-order valence-corrected chi connectivity index (χ2v) is 10.8. The average molecular weight is 549 g/mol. The number of ether oxygens (including phenoxy) is 2. The minimum Gasteiger partial charge on any atom is -0.451 e. The first-order valence-corrected chi connectivity index (χ1v) is 13.2. The van der Waals surface area contributed by atoms with Gasteiger partial charge in [0.1, 0.15) is 6.54 Å². The zero-order valence-corrected chi connectivity index (χ0v) is 22.1. The van der Waals surface area contributed by atoms with E-state index in [4.69, 9.17) is 9.47 Å². The fraction of sp³-hybridized carbons (Fsp3) is 0.435. The molecule has 0 bridgehead atoms. The van der Waals surface area contributed by atoms with E-state index in [2.05, 4.69) is 10.3 Å². The smallest absolute Gasteiger partial charge is 0.332 e. The van der Waals surface area contributed by atoms with Gasteiger partial charge >= 0.3 is 11.7 Å². The number of rotatable bonds is 7. The molecule has 1 unspecified atom stereocenters. The van der Waals surface area contributed by atoms with Gasteiger partial charge in [-0.1, -0.05) is 6.07 Å². The summed E-state index contributed by atoms with van der Waals surface area (Å²) in [5.41, 5.74) is -0.291. The van der Waals surface area contributed by atoms with Crippen LogP contribution in [0, 0.1) is 6.92 Å². The Kier molecular flexibility index (Phi) is 7.53. The number of morpholine rings is 1. The van der Waals surface area contributed by atoms with Crippen molar-refractivity contribution in [2.75, 3.05) is 31.6 Å². The number of hydrogen-bond donors (Lipinski definition) is 1. The number of anilines is 1. The van der Waals surface area contributed by atoms with Gasteiger partial charge in [0, 0.05) is 32.9 Å². The number of hydrogen-bond acceptors (Lipinski definition) is 9. The van der Waals surface area contributed by atoms with Gasteiger partial charge in [-0.05, 0) is 31.5 Å². The lowest BCUT2D eigenvalue weighted by Crippen LogP contribution is -2.40. The Morgan fingerprint density at radius 3 is 2.53 bits per heavy atom. The molecule has 1 aromatic carbocycles. The monoisotopic (exact) mass is 548 g/mol. The molecule has 1 saturated heterocycles. The second-order valence-electron chi connectivity index (χ2n) is 8.87. The number of esters is 1. The van der Waals surface area contributed by atoms with Crippen LogP contribution in [0.3, 0.4) is 0 Å². The van der Waals surface area contributed by atoms with Gasteiger partial charge in [0.2, 0.25) is 10.0 Å². The summed E-state index contributed by atoms with van der Waals surface area (Å²) in [6.07, 6.45) is 0.00494. The highest BCUT2D eigenvalue weighted by Gasteiger charge is 2.28. The van der Waals surface area contributed by atoms with Crippen LogP contribution in [0.25, 0.3) is 11.2 Å². The molecule has 0 saturated carbocycles. The van der Waals surface area contributed by atoms with Crippen molar-refractivity contribution in [3.05, 3.63) is 50.9 Å². The van der Waals surface area contributed by atoms with Crippen molar-refractivity contribution in [3.63, 3.8) is 0 Å². The Bertz CT molecular complexity index is 1630. The van der Waals surface area contributed by atoms with Crippen LogP contribution < -0.4 is 16.6 Å². The molecule has 3 heterocycles. The summed E-state index contributed by atoms with van der Waals surface area (Å²) in [5, 5.41) is 2.57. The van der Waals surface area contributed by atoms with E-state index in [1.165, 1.54) is 46.9 Å². The molecule has 2 aromatic heterocycles. The standard InChI is InChI=1S/C23H28N6O8S/c1-14-5-6-16(11-17(14)38(34,35)29-7-9-36-10-8-29)25-21(31)15(2)37-18(30)12-28-13-24-20-19(28)22(32)27(4)23(33)26(20)3/h5-6,11,13,15H,7-10,12H2,1-4H3,(H,25,31). The van der Waals surface area contributed by atoms with Gasteiger partial charge in [-0.2, -0.15) is 4.31 Å². The van der Waals surface area contributed by atoms with Gasteiger partial charge in [0.25, 0.3) is 11.5 Å².